The highest BCUT2D eigenvalue weighted by Gasteiger charge is 2.13. The van der Waals surface area contributed by atoms with E-state index >= 15 is 0 Å². The molecule has 1 unspecified atom stereocenters. The molecule has 1 atom stereocenters. The van der Waals surface area contributed by atoms with Crippen molar-refractivity contribution >= 4 is 18.5 Å². The van der Waals surface area contributed by atoms with E-state index in [9.17, 15) is 4.79 Å². The Balaban J connectivity index is 0.00000144. The zero-order chi connectivity index (χ0) is 8.81. The van der Waals surface area contributed by atoms with E-state index in [1.54, 1.807) is 7.05 Å². The fourth-order valence-electron chi connectivity index (χ4n) is 1.31. The Kier molecular flexibility index (Phi) is 6.72. The van der Waals surface area contributed by atoms with Crippen molar-refractivity contribution < 1.29 is 9.53 Å². The first-order valence-corrected chi connectivity index (χ1v) is 4.41. The number of rotatable bonds is 2. The molecule has 78 valence electrons. The average Bonchev–Trinajstić information content (AvgIpc) is 2.16. The van der Waals surface area contributed by atoms with Crippen molar-refractivity contribution in [2.24, 2.45) is 0 Å². The molecule has 4 nitrogen and oxygen atoms in total. The molecule has 13 heavy (non-hydrogen) atoms. The highest BCUT2D eigenvalue weighted by atomic mass is 35.5. The number of ether oxygens (including phenoxy) is 1. The van der Waals surface area contributed by atoms with Crippen molar-refractivity contribution in [3.8, 4) is 0 Å². The third-order valence-corrected chi connectivity index (χ3v) is 2.03. The Morgan fingerprint density at radius 3 is 2.92 bits per heavy atom. The first kappa shape index (κ1) is 12.5. The topological polar surface area (TPSA) is 50.4 Å². The van der Waals surface area contributed by atoms with Crippen molar-refractivity contribution in [1.29, 1.82) is 0 Å². The molecule has 0 bridgehead atoms. The molecule has 5 heteroatoms. The van der Waals surface area contributed by atoms with Crippen LogP contribution in [0.1, 0.15) is 19.3 Å². The minimum Gasteiger partial charge on any atom is -0.448 e. The van der Waals surface area contributed by atoms with Gasteiger partial charge in [0.1, 0.15) is 6.61 Å². The monoisotopic (exact) mass is 208 g/mol. The average molecular weight is 209 g/mol. The van der Waals surface area contributed by atoms with E-state index in [-0.39, 0.29) is 18.5 Å². The second-order valence-electron chi connectivity index (χ2n) is 3.00. The van der Waals surface area contributed by atoms with Crippen LogP contribution in [-0.2, 0) is 4.74 Å². The number of hydrogen-bond acceptors (Lipinski definition) is 3. The molecular formula is C8H17ClN2O2. The zero-order valence-corrected chi connectivity index (χ0v) is 8.65. The van der Waals surface area contributed by atoms with Gasteiger partial charge in [0.05, 0.1) is 0 Å². The number of alkyl carbamates (subject to hydrolysis) is 1. The van der Waals surface area contributed by atoms with Crippen molar-refractivity contribution in [1.82, 2.24) is 10.6 Å². The SMILES string of the molecule is CNC(=O)OCC1CCCCN1.Cl. The molecule has 1 fully saturated rings. The largest absolute Gasteiger partial charge is 0.448 e. The fourth-order valence-corrected chi connectivity index (χ4v) is 1.31. The summed E-state index contributed by atoms with van der Waals surface area (Å²) in [6.07, 6.45) is 3.23. The van der Waals surface area contributed by atoms with Gasteiger partial charge in [-0.15, -0.1) is 12.4 Å². The summed E-state index contributed by atoms with van der Waals surface area (Å²) < 4.78 is 4.92. The first-order chi connectivity index (χ1) is 5.83. The minimum atomic E-state index is -0.345. The Hall–Kier alpha value is -0.480. The van der Waals surface area contributed by atoms with E-state index in [1.165, 1.54) is 12.8 Å². The molecule has 1 rings (SSSR count). The molecule has 1 saturated heterocycles. The Morgan fingerprint density at radius 2 is 2.38 bits per heavy atom. The summed E-state index contributed by atoms with van der Waals surface area (Å²) in [6, 6.07) is 0.357. The quantitative estimate of drug-likeness (QED) is 0.709. The summed E-state index contributed by atoms with van der Waals surface area (Å²) in [4.78, 5) is 10.7. The van der Waals surface area contributed by atoms with Gasteiger partial charge in [-0.05, 0) is 19.4 Å². The summed E-state index contributed by atoms with van der Waals surface area (Å²) in [7, 11) is 1.57. The number of amides is 1. The van der Waals surface area contributed by atoms with Crippen LogP contribution in [0.15, 0.2) is 0 Å². The summed E-state index contributed by atoms with van der Waals surface area (Å²) >= 11 is 0. The highest BCUT2D eigenvalue weighted by molar-refractivity contribution is 5.85. The lowest BCUT2D eigenvalue weighted by atomic mass is 10.1. The van der Waals surface area contributed by atoms with Gasteiger partial charge in [-0.1, -0.05) is 6.42 Å². The predicted octanol–water partition coefficient (Wildman–Crippen LogP) is 0.906. The van der Waals surface area contributed by atoms with E-state index in [1.807, 2.05) is 0 Å². The second kappa shape index (κ2) is 6.97. The van der Waals surface area contributed by atoms with Gasteiger partial charge in [0, 0.05) is 13.1 Å². The van der Waals surface area contributed by atoms with Crippen LogP contribution in [0.2, 0.25) is 0 Å². The smallest absolute Gasteiger partial charge is 0.406 e. The van der Waals surface area contributed by atoms with Crippen LogP contribution in [0.5, 0.6) is 0 Å². The molecule has 0 saturated carbocycles. The highest BCUT2D eigenvalue weighted by Crippen LogP contribution is 2.06. The number of carbonyl (C=O) groups is 1. The minimum absolute atomic E-state index is 0. The van der Waals surface area contributed by atoms with E-state index < -0.39 is 0 Å². The summed E-state index contributed by atoms with van der Waals surface area (Å²) in [5.74, 6) is 0. The maximum absolute atomic E-state index is 10.7. The Morgan fingerprint density at radius 1 is 1.62 bits per heavy atom. The zero-order valence-electron chi connectivity index (χ0n) is 7.84. The number of piperidine rings is 1. The van der Waals surface area contributed by atoms with Crippen LogP contribution in [0, 0.1) is 0 Å². The number of carbonyl (C=O) groups excluding carboxylic acids is 1. The van der Waals surface area contributed by atoms with Gasteiger partial charge in [0.2, 0.25) is 0 Å². The Labute approximate surface area is 84.8 Å². The van der Waals surface area contributed by atoms with Gasteiger partial charge >= 0.3 is 6.09 Å². The predicted molar refractivity (Wildman–Crippen MR) is 53.3 cm³/mol. The lowest BCUT2D eigenvalue weighted by Gasteiger charge is -2.22. The van der Waals surface area contributed by atoms with Crippen LogP contribution in [-0.4, -0.2) is 32.3 Å². The summed E-state index contributed by atoms with van der Waals surface area (Å²) in [5.41, 5.74) is 0. The van der Waals surface area contributed by atoms with E-state index in [0.29, 0.717) is 12.6 Å². The van der Waals surface area contributed by atoms with Crippen LogP contribution in [0.25, 0.3) is 0 Å². The third kappa shape index (κ3) is 4.95. The van der Waals surface area contributed by atoms with E-state index in [0.717, 1.165) is 13.0 Å². The molecule has 1 amide bonds. The molecule has 2 N–H and O–H groups in total. The van der Waals surface area contributed by atoms with Crippen LogP contribution in [0.3, 0.4) is 0 Å². The van der Waals surface area contributed by atoms with Crippen LogP contribution >= 0.6 is 12.4 Å². The van der Waals surface area contributed by atoms with Crippen molar-refractivity contribution in [3.63, 3.8) is 0 Å². The molecule has 0 spiro atoms. The molecule has 0 aliphatic carbocycles. The number of halogens is 1. The molecule has 1 heterocycles. The third-order valence-electron chi connectivity index (χ3n) is 2.03. The summed E-state index contributed by atoms with van der Waals surface area (Å²) in [5, 5.41) is 5.71. The molecule has 0 radical (unpaired) electrons. The summed E-state index contributed by atoms with van der Waals surface area (Å²) in [6.45, 7) is 1.53. The van der Waals surface area contributed by atoms with Crippen LogP contribution < -0.4 is 10.6 Å². The maximum atomic E-state index is 10.7. The van der Waals surface area contributed by atoms with Crippen molar-refractivity contribution in [2.75, 3.05) is 20.2 Å². The normalized spacial score (nSPS) is 21.5. The molecular weight excluding hydrogens is 192 g/mol. The second-order valence-corrected chi connectivity index (χ2v) is 3.00. The maximum Gasteiger partial charge on any atom is 0.406 e. The van der Waals surface area contributed by atoms with Gasteiger partial charge in [-0.2, -0.15) is 0 Å². The van der Waals surface area contributed by atoms with E-state index in [4.69, 9.17) is 4.74 Å². The molecule has 0 aromatic carbocycles. The van der Waals surface area contributed by atoms with E-state index in [2.05, 4.69) is 10.6 Å². The van der Waals surface area contributed by atoms with Gasteiger partial charge < -0.3 is 15.4 Å². The van der Waals surface area contributed by atoms with Gasteiger partial charge in [0.25, 0.3) is 0 Å². The molecule has 1 aliphatic heterocycles. The molecule has 0 aromatic rings. The standard InChI is InChI=1S/C8H16N2O2.ClH/c1-9-8(11)12-6-7-4-2-3-5-10-7;/h7,10H,2-6H2,1H3,(H,9,11);1H. The van der Waals surface area contributed by atoms with Crippen LogP contribution in [0.4, 0.5) is 4.79 Å². The van der Waals surface area contributed by atoms with Crippen molar-refractivity contribution in [3.05, 3.63) is 0 Å². The number of hydrogen-bond donors (Lipinski definition) is 2. The van der Waals surface area contributed by atoms with Gasteiger partial charge in [0.15, 0.2) is 0 Å². The molecule has 0 aromatic heterocycles. The van der Waals surface area contributed by atoms with Gasteiger partial charge in [-0.3, -0.25) is 0 Å². The Bertz CT molecular complexity index is 149. The van der Waals surface area contributed by atoms with Gasteiger partial charge in [-0.25, -0.2) is 4.79 Å². The fraction of sp³-hybridized carbons (Fsp3) is 0.875. The first-order valence-electron chi connectivity index (χ1n) is 4.41. The molecule has 1 aliphatic rings. The lowest BCUT2D eigenvalue weighted by Crippen LogP contribution is -2.39. The number of nitrogens with one attached hydrogen (secondary N) is 2. The van der Waals surface area contributed by atoms with Crippen molar-refractivity contribution in [2.45, 2.75) is 25.3 Å². The lowest BCUT2D eigenvalue weighted by molar-refractivity contribution is 0.130.